The average molecular weight is 505 g/mol. The summed E-state index contributed by atoms with van der Waals surface area (Å²) in [6, 6.07) is 10.4. The molecular weight excluding hydrogens is 492 g/mol. The number of rotatable bonds is 6. The Morgan fingerprint density at radius 3 is 1.82 bits per heavy atom. The highest BCUT2D eigenvalue weighted by atomic mass is 32.2. The molecule has 0 atom stereocenters. The molecule has 0 amide bonds. The maximum absolute atomic E-state index is 13.1. The van der Waals surface area contributed by atoms with Crippen LogP contribution in [0.1, 0.15) is 21.5 Å². The number of sulfonamides is 1. The third-order valence-electron chi connectivity index (χ3n) is 4.34. The van der Waals surface area contributed by atoms with Crippen molar-refractivity contribution in [2.75, 3.05) is 4.72 Å². The number of benzene rings is 3. The number of carbonyl (C=O) groups is 1. The van der Waals surface area contributed by atoms with Gasteiger partial charge in [-0.1, -0.05) is 24.3 Å². The van der Waals surface area contributed by atoms with Crippen LogP contribution in [-0.4, -0.2) is 19.5 Å². The van der Waals surface area contributed by atoms with Crippen molar-refractivity contribution >= 4 is 21.7 Å². The van der Waals surface area contributed by atoms with Gasteiger partial charge in [-0.25, -0.2) is 13.2 Å². The molecule has 0 aliphatic carbocycles. The fraction of sp³-hybridized carbons (Fsp3) is 0.0952. The lowest BCUT2D eigenvalue weighted by atomic mass is 10.1. The summed E-state index contributed by atoms with van der Waals surface area (Å²) < 4.78 is 112. The van der Waals surface area contributed by atoms with Crippen LogP contribution in [0.5, 0.6) is 11.5 Å². The molecule has 0 spiro atoms. The van der Waals surface area contributed by atoms with Crippen LogP contribution in [0, 0.1) is 0 Å². The van der Waals surface area contributed by atoms with E-state index in [1.54, 1.807) is 0 Å². The molecule has 0 radical (unpaired) electrons. The maximum Gasteiger partial charge on any atom is 0.416 e. The van der Waals surface area contributed by atoms with Crippen molar-refractivity contribution in [3.05, 3.63) is 83.4 Å². The molecule has 0 fully saturated rings. The van der Waals surface area contributed by atoms with E-state index >= 15 is 0 Å². The topological polar surface area (TPSA) is 92.7 Å². The molecule has 0 aromatic heterocycles. The Hall–Kier alpha value is -3.74. The summed E-state index contributed by atoms with van der Waals surface area (Å²) in [5.41, 5.74) is -4.23. The Morgan fingerprint density at radius 2 is 1.29 bits per heavy atom. The zero-order valence-corrected chi connectivity index (χ0v) is 17.4. The van der Waals surface area contributed by atoms with Crippen molar-refractivity contribution in [1.29, 1.82) is 0 Å². The van der Waals surface area contributed by atoms with E-state index in [1.807, 2.05) is 4.72 Å². The predicted molar refractivity (Wildman–Crippen MR) is 107 cm³/mol. The minimum absolute atomic E-state index is 0.0702. The maximum atomic E-state index is 13.1. The van der Waals surface area contributed by atoms with Crippen molar-refractivity contribution in [3.63, 3.8) is 0 Å². The average Bonchev–Trinajstić information content (AvgIpc) is 2.73. The molecule has 0 aliphatic heterocycles. The summed E-state index contributed by atoms with van der Waals surface area (Å²) in [5, 5.41) is 9.26. The third kappa shape index (κ3) is 5.60. The van der Waals surface area contributed by atoms with Crippen molar-refractivity contribution in [2.45, 2.75) is 17.2 Å². The number of hydrogen-bond donors (Lipinski definition) is 2. The summed E-state index contributed by atoms with van der Waals surface area (Å²) in [6.07, 6.45) is -10.5. The van der Waals surface area contributed by atoms with Gasteiger partial charge in [-0.3, -0.25) is 4.72 Å². The van der Waals surface area contributed by atoms with Crippen molar-refractivity contribution in [1.82, 2.24) is 0 Å². The Labute approximate surface area is 188 Å². The van der Waals surface area contributed by atoms with Gasteiger partial charge in [0.2, 0.25) is 0 Å². The van der Waals surface area contributed by atoms with Gasteiger partial charge in [0.15, 0.2) is 5.75 Å². The minimum Gasteiger partial charge on any atom is -0.478 e. The van der Waals surface area contributed by atoms with Crippen LogP contribution in [0.4, 0.5) is 32.0 Å². The van der Waals surface area contributed by atoms with E-state index in [0.717, 1.165) is 6.07 Å². The highest BCUT2D eigenvalue weighted by molar-refractivity contribution is 7.92. The van der Waals surface area contributed by atoms with Crippen molar-refractivity contribution in [2.24, 2.45) is 0 Å². The van der Waals surface area contributed by atoms with Gasteiger partial charge >= 0.3 is 18.3 Å². The van der Waals surface area contributed by atoms with Crippen LogP contribution in [0.2, 0.25) is 0 Å². The third-order valence-corrected chi connectivity index (χ3v) is 5.69. The monoisotopic (exact) mass is 505 g/mol. The Kier molecular flexibility index (Phi) is 6.51. The van der Waals surface area contributed by atoms with E-state index in [2.05, 4.69) is 0 Å². The molecule has 3 rings (SSSR count). The number of nitrogens with one attached hydrogen (secondary N) is 1. The number of anilines is 1. The number of carboxylic acids is 1. The van der Waals surface area contributed by atoms with E-state index in [0.29, 0.717) is 0 Å². The van der Waals surface area contributed by atoms with Gasteiger partial charge in [-0.2, -0.15) is 26.3 Å². The zero-order chi connectivity index (χ0) is 25.3. The van der Waals surface area contributed by atoms with Crippen molar-refractivity contribution in [3.8, 4) is 11.5 Å². The van der Waals surface area contributed by atoms with Crippen LogP contribution in [0.3, 0.4) is 0 Å². The highest BCUT2D eigenvalue weighted by Gasteiger charge is 2.38. The number of alkyl halides is 6. The lowest BCUT2D eigenvalue weighted by Gasteiger charge is -2.17. The second-order valence-electron chi connectivity index (χ2n) is 6.75. The predicted octanol–water partition coefficient (Wildman–Crippen LogP) is 6.02. The fourth-order valence-electron chi connectivity index (χ4n) is 2.78. The number of aromatic carboxylic acids is 1. The van der Waals surface area contributed by atoms with E-state index in [4.69, 9.17) is 4.74 Å². The van der Waals surface area contributed by atoms with Crippen LogP contribution in [0.25, 0.3) is 0 Å². The van der Waals surface area contributed by atoms with Gasteiger partial charge in [-0.15, -0.1) is 0 Å². The van der Waals surface area contributed by atoms with Crippen LogP contribution in [0.15, 0.2) is 71.6 Å². The lowest BCUT2D eigenvalue weighted by molar-refractivity contribution is -0.143. The fourth-order valence-corrected chi connectivity index (χ4v) is 3.92. The number of hydrogen-bond acceptors (Lipinski definition) is 4. The number of halogens is 6. The normalized spacial score (nSPS) is 12.3. The smallest absolute Gasteiger partial charge is 0.416 e. The van der Waals surface area contributed by atoms with Gasteiger partial charge in [0, 0.05) is 0 Å². The molecule has 34 heavy (non-hydrogen) atoms. The van der Waals surface area contributed by atoms with Gasteiger partial charge in [-0.05, 0) is 42.5 Å². The second kappa shape index (κ2) is 8.89. The molecule has 13 heteroatoms. The van der Waals surface area contributed by atoms with Gasteiger partial charge in [0.1, 0.15) is 11.3 Å². The van der Waals surface area contributed by atoms with Gasteiger partial charge in [0.25, 0.3) is 10.0 Å². The first kappa shape index (κ1) is 24.9. The van der Waals surface area contributed by atoms with Crippen LogP contribution in [-0.2, 0) is 22.4 Å². The Bertz CT molecular complexity index is 1300. The number of ether oxygens (including phenoxy) is 1. The van der Waals surface area contributed by atoms with Crippen LogP contribution < -0.4 is 9.46 Å². The molecule has 0 unspecified atom stereocenters. The summed E-state index contributed by atoms with van der Waals surface area (Å²) >= 11 is 0. The molecule has 0 aliphatic rings. The van der Waals surface area contributed by atoms with E-state index < -0.39 is 44.4 Å². The number of para-hydroxylation sites is 3. The summed E-state index contributed by atoms with van der Waals surface area (Å²) in [5.74, 6) is -1.78. The SMILES string of the molecule is O=C(O)c1ccccc1Oc1ccccc1NS(=O)(=O)c1cc(C(F)(F)F)cc(C(F)(F)F)c1. The Morgan fingerprint density at radius 1 is 0.794 bits per heavy atom. The van der Waals surface area contributed by atoms with Crippen molar-refractivity contribution < 1.29 is 49.4 Å². The Balaban J connectivity index is 2.04. The second-order valence-corrected chi connectivity index (χ2v) is 8.43. The molecule has 0 heterocycles. The summed E-state index contributed by atoms with van der Waals surface area (Å²) in [4.78, 5) is 10.1. The van der Waals surface area contributed by atoms with Gasteiger partial charge in [0.05, 0.1) is 21.7 Å². The first-order chi connectivity index (χ1) is 15.7. The first-order valence-electron chi connectivity index (χ1n) is 9.10. The molecule has 0 saturated carbocycles. The molecule has 0 bridgehead atoms. The minimum atomic E-state index is -5.24. The largest absolute Gasteiger partial charge is 0.478 e. The summed E-state index contributed by atoms with van der Waals surface area (Å²) in [6.45, 7) is 0. The van der Waals surface area contributed by atoms with E-state index in [-0.39, 0.29) is 40.9 Å². The highest BCUT2D eigenvalue weighted by Crippen LogP contribution is 2.38. The van der Waals surface area contributed by atoms with Gasteiger partial charge < -0.3 is 9.84 Å². The van der Waals surface area contributed by atoms with E-state index in [1.165, 1.54) is 42.5 Å². The zero-order valence-electron chi connectivity index (χ0n) is 16.6. The molecule has 2 N–H and O–H groups in total. The van der Waals surface area contributed by atoms with Crippen LogP contribution >= 0.6 is 0 Å². The molecule has 6 nitrogen and oxygen atoms in total. The lowest BCUT2D eigenvalue weighted by Crippen LogP contribution is -2.17. The quantitative estimate of drug-likeness (QED) is 0.400. The molecule has 0 saturated heterocycles. The molecule has 3 aromatic carbocycles. The first-order valence-corrected chi connectivity index (χ1v) is 10.6. The molecule has 180 valence electrons. The number of carboxylic acid groups (broad SMARTS) is 1. The molecular formula is C21H13F6NO5S. The van der Waals surface area contributed by atoms with E-state index in [9.17, 15) is 44.7 Å². The standard InChI is InChI=1S/C21H13F6NO5S/c22-20(23,24)12-9-13(21(25,26)27)11-14(10-12)34(31,32)28-16-6-2-4-8-18(16)33-17-7-3-1-5-15(17)19(29)30/h1-11,28H,(H,29,30). The molecule has 3 aromatic rings. The summed E-state index contributed by atoms with van der Waals surface area (Å²) in [7, 11) is -4.97.